The second-order valence-corrected chi connectivity index (χ2v) is 5.10. The van der Waals surface area contributed by atoms with Gasteiger partial charge in [0.25, 0.3) is 5.91 Å². The van der Waals surface area contributed by atoms with Crippen LogP contribution in [0.15, 0.2) is 41.1 Å². The van der Waals surface area contributed by atoms with Crippen molar-refractivity contribution >= 4 is 45.1 Å². The minimum absolute atomic E-state index is 0.0292. The molecule has 0 unspecified atom stereocenters. The van der Waals surface area contributed by atoms with E-state index in [1.165, 1.54) is 18.5 Å². The van der Waals surface area contributed by atoms with Gasteiger partial charge in [0.05, 0.1) is 23.0 Å². The molecule has 2 rings (SSSR count). The zero-order valence-electron chi connectivity index (χ0n) is 9.93. The molecule has 0 aliphatic rings. The van der Waals surface area contributed by atoms with Crippen LogP contribution in [0.3, 0.4) is 0 Å². The third kappa shape index (κ3) is 3.15. The summed E-state index contributed by atoms with van der Waals surface area (Å²) in [5, 5.41) is 12.0. The molecule has 0 fully saturated rings. The number of carboxylic acid groups (broad SMARTS) is 1. The van der Waals surface area contributed by atoms with Gasteiger partial charge in [-0.2, -0.15) is 0 Å². The van der Waals surface area contributed by atoms with Crippen molar-refractivity contribution in [3.63, 3.8) is 0 Å². The lowest BCUT2D eigenvalue weighted by molar-refractivity contribution is 0.0698. The monoisotopic (exact) mass is 354 g/mol. The van der Waals surface area contributed by atoms with Crippen LogP contribution in [-0.4, -0.2) is 22.0 Å². The normalized spacial score (nSPS) is 10.1. The van der Waals surface area contributed by atoms with Gasteiger partial charge in [0, 0.05) is 15.7 Å². The lowest BCUT2D eigenvalue weighted by atomic mass is 10.2. The van der Waals surface area contributed by atoms with Gasteiger partial charge in [-0.15, -0.1) is 0 Å². The number of hydrogen-bond acceptors (Lipinski definition) is 3. The molecule has 7 heteroatoms. The molecule has 0 aliphatic heterocycles. The van der Waals surface area contributed by atoms with E-state index in [1.54, 1.807) is 18.2 Å². The molecule has 1 amide bonds. The molecule has 0 saturated heterocycles. The third-order valence-electron chi connectivity index (χ3n) is 2.48. The minimum atomic E-state index is -1.14. The number of benzene rings is 1. The van der Waals surface area contributed by atoms with Gasteiger partial charge in [-0.05, 0) is 40.2 Å². The van der Waals surface area contributed by atoms with Crippen molar-refractivity contribution in [3.8, 4) is 0 Å². The zero-order chi connectivity index (χ0) is 14.7. The van der Waals surface area contributed by atoms with E-state index in [0.717, 1.165) is 0 Å². The Morgan fingerprint density at radius 1 is 1.25 bits per heavy atom. The summed E-state index contributed by atoms with van der Waals surface area (Å²) in [6.45, 7) is 0. The maximum Gasteiger partial charge on any atom is 0.337 e. The molecule has 2 N–H and O–H groups in total. The van der Waals surface area contributed by atoms with Crippen molar-refractivity contribution in [2.24, 2.45) is 0 Å². The summed E-state index contributed by atoms with van der Waals surface area (Å²) >= 11 is 9.03. The molecule has 1 aromatic heterocycles. The summed E-state index contributed by atoms with van der Waals surface area (Å²) in [5.41, 5.74) is 0.444. The van der Waals surface area contributed by atoms with Gasteiger partial charge in [-0.1, -0.05) is 11.6 Å². The Morgan fingerprint density at radius 2 is 2.00 bits per heavy atom. The molecule has 102 valence electrons. The molecule has 0 aliphatic carbocycles. The smallest absolute Gasteiger partial charge is 0.337 e. The largest absolute Gasteiger partial charge is 0.478 e. The molecular weight excluding hydrogens is 348 g/mol. The van der Waals surface area contributed by atoms with Crippen LogP contribution in [0, 0.1) is 0 Å². The number of carbonyl (C=O) groups excluding carboxylic acids is 1. The summed E-state index contributed by atoms with van der Waals surface area (Å²) < 4.78 is 0.517. The number of amides is 1. The van der Waals surface area contributed by atoms with E-state index in [9.17, 15) is 9.59 Å². The Labute approximate surface area is 127 Å². The second kappa shape index (κ2) is 6.02. The van der Waals surface area contributed by atoms with Crippen LogP contribution in [0.25, 0.3) is 0 Å². The Hall–Kier alpha value is -1.92. The van der Waals surface area contributed by atoms with Crippen LogP contribution in [0.4, 0.5) is 5.69 Å². The number of carbonyl (C=O) groups is 2. The Kier molecular flexibility index (Phi) is 4.36. The van der Waals surface area contributed by atoms with Crippen molar-refractivity contribution in [1.29, 1.82) is 0 Å². The lowest BCUT2D eigenvalue weighted by Crippen LogP contribution is -2.15. The molecule has 1 aromatic carbocycles. The summed E-state index contributed by atoms with van der Waals surface area (Å²) in [4.78, 5) is 27.0. The fourth-order valence-electron chi connectivity index (χ4n) is 1.54. The average Bonchev–Trinajstić information content (AvgIpc) is 2.38. The zero-order valence-corrected chi connectivity index (χ0v) is 12.3. The average molecular weight is 356 g/mol. The second-order valence-electron chi connectivity index (χ2n) is 3.80. The molecule has 1 heterocycles. The number of anilines is 1. The molecule has 5 nitrogen and oxygen atoms in total. The van der Waals surface area contributed by atoms with E-state index in [0.29, 0.717) is 15.1 Å². The van der Waals surface area contributed by atoms with E-state index in [1.807, 2.05) is 0 Å². The van der Waals surface area contributed by atoms with E-state index < -0.39 is 11.9 Å². The van der Waals surface area contributed by atoms with Gasteiger partial charge in [0.2, 0.25) is 0 Å². The van der Waals surface area contributed by atoms with Crippen molar-refractivity contribution in [3.05, 3.63) is 57.3 Å². The van der Waals surface area contributed by atoms with Gasteiger partial charge in [-0.3, -0.25) is 9.78 Å². The third-order valence-corrected chi connectivity index (χ3v) is 3.37. The molecule has 2 aromatic rings. The maximum absolute atomic E-state index is 12.1. The highest BCUT2D eigenvalue weighted by Crippen LogP contribution is 2.23. The Bertz CT molecular complexity index is 691. The number of aromatic nitrogens is 1. The maximum atomic E-state index is 12.1. The summed E-state index contributed by atoms with van der Waals surface area (Å²) in [7, 11) is 0. The van der Waals surface area contributed by atoms with Crippen LogP contribution >= 0.6 is 27.5 Å². The van der Waals surface area contributed by atoms with Crippen LogP contribution < -0.4 is 5.32 Å². The van der Waals surface area contributed by atoms with Gasteiger partial charge in [-0.25, -0.2) is 4.79 Å². The number of aromatic carboxylic acids is 1. The quantitative estimate of drug-likeness (QED) is 0.884. The number of halogens is 2. The lowest BCUT2D eigenvalue weighted by Gasteiger charge is -2.09. The first kappa shape index (κ1) is 14.5. The van der Waals surface area contributed by atoms with Crippen molar-refractivity contribution in [2.75, 3.05) is 5.32 Å². The number of pyridine rings is 1. The standard InChI is InChI=1S/C13H8BrClN2O3/c14-10-5-7(15)1-2-8(10)12(18)17-11-6-16-4-3-9(11)13(19)20/h1-6H,(H,17,18)(H,19,20). The highest BCUT2D eigenvalue weighted by Gasteiger charge is 2.15. The molecule has 0 bridgehead atoms. The highest BCUT2D eigenvalue weighted by molar-refractivity contribution is 9.10. The SMILES string of the molecule is O=C(Nc1cnccc1C(=O)O)c1ccc(Cl)cc1Br. The fraction of sp³-hybridized carbons (Fsp3) is 0. The summed E-state index contributed by atoms with van der Waals surface area (Å²) in [5.74, 6) is -1.60. The topological polar surface area (TPSA) is 79.3 Å². The highest BCUT2D eigenvalue weighted by atomic mass is 79.9. The number of carboxylic acids is 1. The molecule has 20 heavy (non-hydrogen) atoms. The number of nitrogens with one attached hydrogen (secondary N) is 1. The number of hydrogen-bond donors (Lipinski definition) is 2. The minimum Gasteiger partial charge on any atom is -0.478 e. The fourth-order valence-corrected chi connectivity index (χ4v) is 2.41. The molecule has 0 saturated carbocycles. The van der Waals surface area contributed by atoms with Gasteiger partial charge in [0.1, 0.15) is 0 Å². The van der Waals surface area contributed by atoms with Gasteiger partial charge < -0.3 is 10.4 Å². The first-order valence-corrected chi connectivity index (χ1v) is 6.60. The summed E-state index contributed by atoms with van der Waals surface area (Å²) in [6, 6.07) is 6.01. The van der Waals surface area contributed by atoms with Crippen molar-refractivity contribution < 1.29 is 14.7 Å². The van der Waals surface area contributed by atoms with Crippen LogP contribution in [0.2, 0.25) is 5.02 Å². The Morgan fingerprint density at radius 3 is 2.65 bits per heavy atom. The van der Waals surface area contributed by atoms with E-state index in [2.05, 4.69) is 26.2 Å². The van der Waals surface area contributed by atoms with Crippen LogP contribution in [-0.2, 0) is 0 Å². The van der Waals surface area contributed by atoms with Crippen LogP contribution in [0.5, 0.6) is 0 Å². The van der Waals surface area contributed by atoms with E-state index in [-0.39, 0.29) is 11.3 Å². The first-order valence-electron chi connectivity index (χ1n) is 5.42. The van der Waals surface area contributed by atoms with Gasteiger partial charge in [0.15, 0.2) is 0 Å². The molecule has 0 spiro atoms. The predicted molar refractivity (Wildman–Crippen MR) is 78.3 cm³/mol. The van der Waals surface area contributed by atoms with Crippen LogP contribution in [0.1, 0.15) is 20.7 Å². The van der Waals surface area contributed by atoms with Gasteiger partial charge >= 0.3 is 5.97 Å². The number of rotatable bonds is 3. The first-order chi connectivity index (χ1) is 9.49. The predicted octanol–water partition coefficient (Wildman–Crippen LogP) is 3.45. The van der Waals surface area contributed by atoms with E-state index >= 15 is 0 Å². The summed E-state index contributed by atoms with van der Waals surface area (Å²) in [6.07, 6.45) is 2.63. The Balaban J connectivity index is 2.30. The van der Waals surface area contributed by atoms with E-state index in [4.69, 9.17) is 16.7 Å². The molecular formula is C13H8BrClN2O3. The molecule has 0 atom stereocenters. The molecule has 0 radical (unpaired) electrons. The number of nitrogens with zero attached hydrogens (tertiary/aromatic N) is 1. The van der Waals surface area contributed by atoms with Crippen molar-refractivity contribution in [1.82, 2.24) is 4.98 Å². The van der Waals surface area contributed by atoms with Crippen molar-refractivity contribution in [2.45, 2.75) is 0 Å².